The molecule has 8 heteroatoms. The van der Waals surface area contributed by atoms with Crippen molar-refractivity contribution in [2.45, 2.75) is 6.92 Å². The van der Waals surface area contributed by atoms with Gasteiger partial charge in [0.15, 0.2) is 0 Å². The highest BCUT2D eigenvalue weighted by atomic mass is 16.6. The van der Waals surface area contributed by atoms with E-state index in [1.54, 1.807) is 42.3 Å². The molecule has 2 heterocycles. The van der Waals surface area contributed by atoms with E-state index in [1.165, 1.54) is 6.07 Å². The molecule has 0 unspecified atom stereocenters. The van der Waals surface area contributed by atoms with Crippen molar-refractivity contribution in [2.75, 3.05) is 31.1 Å². The van der Waals surface area contributed by atoms with Crippen LogP contribution in [0.25, 0.3) is 0 Å². The molecule has 0 saturated carbocycles. The van der Waals surface area contributed by atoms with Crippen LogP contribution in [0, 0.1) is 28.4 Å². The number of benzene rings is 1. The number of anilines is 1. The molecule has 1 aromatic heterocycles. The summed E-state index contributed by atoms with van der Waals surface area (Å²) in [6.45, 7) is 3.46. The summed E-state index contributed by atoms with van der Waals surface area (Å²) in [5.74, 6) is 0.255. The van der Waals surface area contributed by atoms with E-state index in [4.69, 9.17) is 0 Å². The Kier molecular flexibility index (Phi) is 4.80. The summed E-state index contributed by atoms with van der Waals surface area (Å²) < 4.78 is 0. The Hall–Kier alpha value is -3.47. The molecule has 1 amide bonds. The Balaban J connectivity index is 1.77. The van der Waals surface area contributed by atoms with Crippen molar-refractivity contribution in [2.24, 2.45) is 0 Å². The highest BCUT2D eigenvalue weighted by Crippen LogP contribution is 2.25. The highest BCUT2D eigenvalue weighted by Gasteiger charge is 2.29. The fraction of sp³-hybridized carbons (Fsp3) is 0.278. The van der Waals surface area contributed by atoms with Gasteiger partial charge in [-0.05, 0) is 25.1 Å². The molecule has 3 rings (SSSR count). The Morgan fingerprint density at radius 1 is 1.23 bits per heavy atom. The molecule has 1 aliphatic heterocycles. The average molecular weight is 351 g/mol. The van der Waals surface area contributed by atoms with Crippen LogP contribution in [0.5, 0.6) is 0 Å². The normalized spacial score (nSPS) is 14.0. The third kappa shape index (κ3) is 3.19. The molecule has 0 N–H and O–H groups in total. The summed E-state index contributed by atoms with van der Waals surface area (Å²) in [7, 11) is 0. The largest absolute Gasteiger partial charge is 0.352 e. The molecule has 8 nitrogen and oxygen atoms in total. The van der Waals surface area contributed by atoms with Crippen LogP contribution < -0.4 is 4.90 Å². The monoisotopic (exact) mass is 351 g/mol. The number of para-hydroxylation sites is 1. The van der Waals surface area contributed by atoms with Crippen molar-refractivity contribution in [3.05, 3.63) is 63.3 Å². The first-order valence-corrected chi connectivity index (χ1v) is 8.16. The van der Waals surface area contributed by atoms with Gasteiger partial charge in [0.2, 0.25) is 0 Å². The lowest BCUT2D eigenvalue weighted by Crippen LogP contribution is -2.49. The van der Waals surface area contributed by atoms with Gasteiger partial charge in [-0.25, -0.2) is 4.98 Å². The van der Waals surface area contributed by atoms with E-state index in [0.717, 1.165) is 0 Å². The van der Waals surface area contributed by atoms with Crippen molar-refractivity contribution in [3.63, 3.8) is 0 Å². The summed E-state index contributed by atoms with van der Waals surface area (Å²) in [4.78, 5) is 31.4. The van der Waals surface area contributed by atoms with E-state index in [1.807, 2.05) is 4.90 Å². The molecular formula is C18H17N5O3. The number of hydrogen-bond donors (Lipinski definition) is 0. The number of carbonyl (C=O) groups is 1. The number of nitrogens with zero attached hydrogens (tertiary/aromatic N) is 5. The molecule has 26 heavy (non-hydrogen) atoms. The molecular weight excluding hydrogens is 334 g/mol. The van der Waals surface area contributed by atoms with E-state index in [2.05, 4.69) is 11.1 Å². The van der Waals surface area contributed by atoms with E-state index < -0.39 is 4.92 Å². The second kappa shape index (κ2) is 7.19. The van der Waals surface area contributed by atoms with Crippen LogP contribution in [0.3, 0.4) is 0 Å². The molecule has 0 radical (unpaired) electrons. The van der Waals surface area contributed by atoms with E-state index in [-0.39, 0.29) is 17.2 Å². The predicted octanol–water partition coefficient (Wildman–Crippen LogP) is 2.13. The number of nitro benzene ring substituents is 1. The smallest absolute Gasteiger partial charge is 0.285 e. The van der Waals surface area contributed by atoms with Crippen LogP contribution in [0.15, 0.2) is 36.5 Å². The van der Waals surface area contributed by atoms with Gasteiger partial charge in [-0.3, -0.25) is 14.9 Å². The van der Waals surface area contributed by atoms with E-state index >= 15 is 0 Å². The van der Waals surface area contributed by atoms with Crippen LogP contribution in [-0.2, 0) is 0 Å². The van der Waals surface area contributed by atoms with Crippen LogP contribution in [0.2, 0.25) is 0 Å². The number of carbonyl (C=O) groups excluding carboxylic acids is 1. The van der Waals surface area contributed by atoms with Crippen molar-refractivity contribution < 1.29 is 9.72 Å². The summed E-state index contributed by atoms with van der Waals surface area (Å²) in [5, 5.41) is 20.5. The fourth-order valence-electron chi connectivity index (χ4n) is 3.10. The average Bonchev–Trinajstić information content (AvgIpc) is 2.67. The highest BCUT2D eigenvalue weighted by molar-refractivity contribution is 5.98. The molecule has 1 saturated heterocycles. The summed E-state index contributed by atoms with van der Waals surface area (Å²) in [5.41, 5.74) is 0.920. The number of nitro groups is 1. The summed E-state index contributed by atoms with van der Waals surface area (Å²) in [6.07, 6.45) is 1.63. The van der Waals surface area contributed by atoms with Gasteiger partial charge in [-0.1, -0.05) is 12.1 Å². The first-order chi connectivity index (χ1) is 12.5. The second-order valence-electron chi connectivity index (χ2n) is 5.99. The number of rotatable bonds is 3. The molecule has 2 aromatic rings. The quantitative estimate of drug-likeness (QED) is 0.620. The van der Waals surface area contributed by atoms with Crippen molar-refractivity contribution >= 4 is 17.4 Å². The van der Waals surface area contributed by atoms with Crippen LogP contribution in [0.4, 0.5) is 11.5 Å². The molecule has 0 spiro atoms. The lowest BCUT2D eigenvalue weighted by molar-refractivity contribution is -0.385. The maximum Gasteiger partial charge on any atom is 0.285 e. The van der Waals surface area contributed by atoms with Gasteiger partial charge in [0, 0.05) is 37.9 Å². The zero-order valence-corrected chi connectivity index (χ0v) is 14.3. The molecule has 0 aliphatic carbocycles. The minimum Gasteiger partial charge on any atom is -0.352 e. The fourth-order valence-corrected chi connectivity index (χ4v) is 3.10. The molecule has 1 aliphatic rings. The van der Waals surface area contributed by atoms with Gasteiger partial charge in [-0.2, -0.15) is 5.26 Å². The molecule has 0 bridgehead atoms. The van der Waals surface area contributed by atoms with Crippen LogP contribution >= 0.6 is 0 Å². The van der Waals surface area contributed by atoms with Gasteiger partial charge in [-0.15, -0.1) is 0 Å². The Morgan fingerprint density at radius 3 is 2.62 bits per heavy atom. The van der Waals surface area contributed by atoms with Gasteiger partial charge in [0.25, 0.3) is 11.6 Å². The third-order valence-electron chi connectivity index (χ3n) is 4.42. The second-order valence-corrected chi connectivity index (χ2v) is 5.99. The molecule has 132 valence electrons. The number of piperazine rings is 1. The lowest BCUT2D eigenvalue weighted by atomic mass is 10.1. The minimum absolute atomic E-state index is 0.110. The first kappa shape index (κ1) is 17.4. The van der Waals surface area contributed by atoms with Gasteiger partial charge in [0.1, 0.15) is 17.5 Å². The topological polar surface area (TPSA) is 103 Å². The standard InChI is InChI=1S/C18H17N5O3/c1-13-4-2-6-15(16(13)23(25)26)18(24)22-10-8-21(9-11-22)17-14(12-19)5-3-7-20-17/h2-7H,8-11H2,1H3. The summed E-state index contributed by atoms with van der Waals surface area (Å²) >= 11 is 0. The van der Waals surface area contributed by atoms with E-state index in [9.17, 15) is 20.2 Å². The number of nitriles is 1. The van der Waals surface area contributed by atoms with Gasteiger partial charge in [0.05, 0.1) is 10.5 Å². The number of hydrogen-bond acceptors (Lipinski definition) is 6. The number of pyridine rings is 1. The zero-order valence-electron chi connectivity index (χ0n) is 14.3. The molecule has 1 fully saturated rings. The SMILES string of the molecule is Cc1cccc(C(=O)N2CCN(c3ncccc3C#N)CC2)c1[N+](=O)[O-]. The van der Waals surface area contributed by atoms with Gasteiger partial charge >= 0.3 is 0 Å². The molecule has 0 atom stereocenters. The van der Waals surface area contributed by atoms with Gasteiger partial charge < -0.3 is 9.80 Å². The maximum absolute atomic E-state index is 12.8. The number of aryl methyl sites for hydroxylation is 1. The predicted molar refractivity (Wildman–Crippen MR) is 94.9 cm³/mol. The Morgan fingerprint density at radius 2 is 1.96 bits per heavy atom. The lowest BCUT2D eigenvalue weighted by Gasteiger charge is -2.35. The number of amides is 1. The van der Waals surface area contributed by atoms with Crippen molar-refractivity contribution in [3.8, 4) is 6.07 Å². The first-order valence-electron chi connectivity index (χ1n) is 8.16. The zero-order chi connectivity index (χ0) is 18.7. The number of aromatic nitrogens is 1. The minimum atomic E-state index is -0.508. The van der Waals surface area contributed by atoms with Crippen LogP contribution in [-0.4, -0.2) is 46.9 Å². The van der Waals surface area contributed by atoms with Crippen LogP contribution in [0.1, 0.15) is 21.5 Å². The Labute approximate surface area is 150 Å². The van der Waals surface area contributed by atoms with E-state index in [0.29, 0.717) is 43.1 Å². The van der Waals surface area contributed by atoms with Crippen molar-refractivity contribution in [1.82, 2.24) is 9.88 Å². The summed E-state index contributed by atoms with van der Waals surface area (Å²) in [6, 6.07) is 10.3. The van der Waals surface area contributed by atoms with Crippen molar-refractivity contribution in [1.29, 1.82) is 5.26 Å². The molecule has 1 aromatic carbocycles. The Bertz CT molecular complexity index is 898. The maximum atomic E-state index is 12.8. The third-order valence-corrected chi connectivity index (χ3v) is 4.42.